The molecule has 2 aliphatic heterocycles. The highest BCUT2D eigenvalue weighted by Gasteiger charge is 2.23. The van der Waals surface area contributed by atoms with Crippen molar-refractivity contribution < 1.29 is 15.7 Å². The topological polar surface area (TPSA) is 54.0 Å². The number of nitrogens with zero attached hydrogens (tertiary/aromatic N) is 2. The normalized spacial score (nSPS) is 19.4. The third kappa shape index (κ3) is 6.26. The van der Waals surface area contributed by atoms with Crippen LogP contribution in [0.1, 0.15) is 60.2 Å². The van der Waals surface area contributed by atoms with Gasteiger partial charge in [0.2, 0.25) is 12.7 Å². The number of piperazine rings is 1. The monoisotopic (exact) mass is 405 g/mol. The van der Waals surface area contributed by atoms with Crippen LogP contribution >= 0.6 is 0 Å². The number of ether oxygens (including phenoxy) is 2. The fraction of sp³-hybridized carbons (Fsp3) is 0.696. The summed E-state index contributed by atoms with van der Waals surface area (Å²) in [5.74, 6) is 2.03. The first-order chi connectivity index (χ1) is 14.2. The molecule has 0 spiro atoms. The van der Waals surface area contributed by atoms with Crippen molar-refractivity contribution in [2.75, 3.05) is 44.4 Å². The van der Waals surface area contributed by atoms with Crippen LogP contribution in [0.3, 0.4) is 0 Å². The molecule has 0 atom stereocenters. The van der Waals surface area contributed by atoms with Crippen LogP contribution in [-0.4, -0.2) is 56.4 Å². The van der Waals surface area contributed by atoms with Crippen LogP contribution in [0.2, 0.25) is 0 Å². The Morgan fingerprint density at radius 1 is 1.10 bits per heavy atom. The van der Waals surface area contributed by atoms with Crippen molar-refractivity contribution in [3.05, 3.63) is 18.2 Å². The average Bonchev–Trinajstić information content (AvgIpc) is 3.24. The Balaban J connectivity index is 0.000000220. The number of benzene rings is 1. The molecule has 0 bridgehead atoms. The van der Waals surface area contributed by atoms with Crippen molar-refractivity contribution in [2.45, 2.75) is 64.8 Å². The molecule has 164 valence electrons. The summed E-state index contributed by atoms with van der Waals surface area (Å²) in [6, 6.07) is 6.61. The quantitative estimate of drug-likeness (QED) is 0.801. The number of rotatable bonds is 5. The van der Waals surface area contributed by atoms with Gasteiger partial charge in [-0.05, 0) is 37.9 Å². The van der Waals surface area contributed by atoms with Gasteiger partial charge in [0.1, 0.15) is 0 Å². The van der Waals surface area contributed by atoms with E-state index in [1.807, 2.05) is 19.1 Å². The highest BCUT2D eigenvalue weighted by atomic mass is 16.7. The Bertz CT molecular complexity index is 645. The molecule has 0 radical (unpaired) electrons. The number of carbonyl (C=O) groups is 1. The molecule has 4 rings (SSSR count). The van der Waals surface area contributed by atoms with Gasteiger partial charge in [-0.3, -0.25) is 4.79 Å². The number of para-hydroxylation sites is 1. The zero-order valence-electron chi connectivity index (χ0n) is 18.1. The Morgan fingerprint density at radius 3 is 2.55 bits per heavy atom. The van der Waals surface area contributed by atoms with Gasteiger partial charge in [0.15, 0.2) is 11.5 Å². The van der Waals surface area contributed by atoms with Crippen LogP contribution in [0, 0.1) is 0 Å². The maximum absolute atomic E-state index is 11.2. The maximum atomic E-state index is 11.2. The first-order valence-electron chi connectivity index (χ1n) is 11.4. The van der Waals surface area contributed by atoms with Gasteiger partial charge >= 0.3 is 0 Å². The molecule has 29 heavy (non-hydrogen) atoms. The Kier molecular flexibility index (Phi) is 8.47. The lowest BCUT2D eigenvalue weighted by Gasteiger charge is -2.35. The molecule has 0 aromatic heterocycles. The van der Waals surface area contributed by atoms with Gasteiger partial charge in [-0.25, -0.2) is 0 Å². The van der Waals surface area contributed by atoms with E-state index in [0.29, 0.717) is 19.3 Å². The third-order valence-corrected chi connectivity index (χ3v) is 5.98. The van der Waals surface area contributed by atoms with Crippen molar-refractivity contribution >= 4 is 11.6 Å². The molecule has 1 aromatic carbocycles. The smallest absolute Gasteiger partial charge is 0.231 e. The first-order valence-corrected chi connectivity index (χ1v) is 11.4. The van der Waals surface area contributed by atoms with Crippen molar-refractivity contribution in [1.82, 2.24) is 10.2 Å². The van der Waals surface area contributed by atoms with Crippen molar-refractivity contribution in [3.8, 4) is 11.5 Å². The fourth-order valence-electron chi connectivity index (χ4n) is 4.24. The molecule has 3 aliphatic rings. The van der Waals surface area contributed by atoms with Crippen molar-refractivity contribution in [1.29, 1.82) is 0 Å². The van der Waals surface area contributed by atoms with Gasteiger partial charge < -0.3 is 24.6 Å². The number of amides is 1. The fourth-order valence-corrected chi connectivity index (χ4v) is 4.24. The molecule has 0 unspecified atom stereocenters. The number of hydrogen-bond acceptors (Lipinski definition) is 5. The van der Waals surface area contributed by atoms with Gasteiger partial charge in [0.05, 0.1) is 5.69 Å². The molecule has 2 heterocycles. The predicted molar refractivity (Wildman–Crippen MR) is 119 cm³/mol. The summed E-state index contributed by atoms with van der Waals surface area (Å²) in [6.45, 7) is 10.1. The van der Waals surface area contributed by atoms with E-state index in [1.54, 1.807) is 0 Å². The molecule has 1 amide bonds. The van der Waals surface area contributed by atoms with Crippen molar-refractivity contribution in [3.63, 3.8) is 0 Å². The van der Waals surface area contributed by atoms with E-state index in [4.69, 9.17) is 9.47 Å². The molecule has 2 fully saturated rings. The van der Waals surface area contributed by atoms with Gasteiger partial charge in [0, 0.05) is 40.1 Å². The van der Waals surface area contributed by atoms with Crippen LogP contribution < -0.4 is 19.7 Å². The second-order valence-corrected chi connectivity index (χ2v) is 8.08. The Morgan fingerprint density at radius 2 is 1.86 bits per heavy atom. The SMILES string of the molecule is CCCC(=O)NC1CCCCC1.CCN1CCN(c2cccc3c2OCO3)CC1.[HH]. The summed E-state index contributed by atoms with van der Waals surface area (Å²) in [5.41, 5.74) is 1.18. The molecule has 6 nitrogen and oxygen atoms in total. The summed E-state index contributed by atoms with van der Waals surface area (Å²) in [5, 5.41) is 3.08. The highest BCUT2D eigenvalue weighted by Crippen LogP contribution is 2.41. The number of hydrogen-bond donors (Lipinski definition) is 1. The lowest BCUT2D eigenvalue weighted by Crippen LogP contribution is -2.46. The van der Waals surface area contributed by atoms with E-state index in [9.17, 15) is 4.79 Å². The highest BCUT2D eigenvalue weighted by molar-refractivity contribution is 5.76. The predicted octanol–water partition coefficient (Wildman–Crippen LogP) is 4.04. The van der Waals surface area contributed by atoms with Crippen LogP contribution in [-0.2, 0) is 4.79 Å². The van der Waals surface area contributed by atoms with Crippen LogP contribution in [0.4, 0.5) is 5.69 Å². The summed E-state index contributed by atoms with van der Waals surface area (Å²) in [4.78, 5) is 16.1. The van der Waals surface area contributed by atoms with E-state index in [-0.39, 0.29) is 7.33 Å². The number of likely N-dealkylation sites (N-methyl/N-ethyl adjacent to an activating group) is 1. The standard InChI is InChI=1S/C13H18N2O2.C10H19NO.H2/c1-2-14-6-8-15(9-7-14)11-4-3-5-12-13(11)17-10-16-12;1-2-6-10(12)11-9-7-4-3-5-8-9;/h3-5H,2,6-10H2,1H3;9H,2-8H2,1H3,(H,11,12);1H. The number of anilines is 1. The van der Waals surface area contributed by atoms with E-state index >= 15 is 0 Å². The minimum Gasteiger partial charge on any atom is -0.454 e. The molecule has 1 saturated heterocycles. The summed E-state index contributed by atoms with van der Waals surface area (Å²) < 4.78 is 11.0. The van der Waals surface area contributed by atoms with Gasteiger partial charge in [0.25, 0.3) is 0 Å². The Labute approximate surface area is 177 Å². The minimum atomic E-state index is 0. The van der Waals surface area contributed by atoms with Gasteiger partial charge in [-0.15, -0.1) is 0 Å². The lowest BCUT2D eigenvalue weighted by molar-refractivity contribution is -0.122. The molecular formula is C23H39N3O3. The molecule has 1 aromatic rings. The zero-order valence-corrected chi connectivity index (χ0v) is 18.1. The summed E-state index contributed by atoms with van der Waals surface area (Å²) in [6.07, 6.45) is 7.95. The summed E-state index contributed by atoms with van der Waals surface area (Å²) in [7, 11) is 0. The number of carbonyl (C=O) groups excluding carboxylic acids is 1. The molecule has 1 N–H and O–H groups in total. The molecule has 6 heteroatoms. The minimum absolute atomic E-state index is 0. The van der Waals surface area contributed by atoms with E-state index in [2.05, 4.69) is 28.1 Å². The van der Waals surface area contributed by atoms with E-state index in [0.717, 1.165) is 50.6 Å². The maximum Gasteiger partial charge on any atom is 0.231 e. The largest absolute Gasteiger partial charge is 0.454 e. The second kappa shape index (κ2) is 11.3. The number of fused-ring (bicyclic) bond motifs is 1. The van der Waals surface area contributed by atoms with Crippen LogP contribution in [0.5, 0.6) is 11.5 Å². The van der Waals surface area contributed by atoms with Gasteiger partial charge in [-0.1, -0.05) is 39.2 Å². The van der Waals surface area contributed by atoms with Gasteiger partial charge in [-0.2, -0.15) is 0 Å². The molecule has 1 aliphatic carbocycles. The van der Waals surface area contributed by atoms with E-state index in [1.165, 1.54) is 37.8 Å². The van der Waals surface area contributed by atoms with E-state index < -0.39 is 0 Å². The Hall–Kier alpha value is -1.95. The zero-order chi connectivity index (χ0) is 20.5. The van der Waals surface area contributed by atoms with Crippen LogP contribution in [0.15, 0.2) is 18.2 Å². The molecular weight excluding hydrogens is 366 g/mol. The number of nitrogens with one attached hydrogen (secondary N) is 1. The van der Waals surface area contributed by atoms with Crippen LogP contribution in [0.25, 0.3) is 0 Å². The second-order valence-electron chi connectivity index (χ2n) is 8.08. The molecule has 1 saturated carbocycles. The lowest BCUT2D eigenvalue weighted by atomic mass is 9.95. The van der Waals surface area contributed by atoms with Crippen molar-refractivity contribution in [2.24, 2.45) is 0 Å². The summed E-state index contributed by atoms with van der Waals surface area (Å²) >= 11 is 0. The third-order valence-electron chi connectivity index (χ3n) is 5.98. The first kappa shape index (κ1) is 21.8. The average molecular weight is 406 g/mol.